The van der Waals surface area contributed by atoms with E-state index in [1.54, 1.807) is 41.6 Å². The third-order valence-corrected chi connectivity index (χ3v) is 3.95. The number of hydrogen-bond donors (Lipinski definition) is 1. The fraction of sp³-hybridized carbons (Fsp3) is 0.0526. The summed E-state index contributed by atoms with van der Waals surface area (Å²) in [5.41, 5.74) is 8.92. The van der Waals surface area contributed by atoms with Gasteiger partial charge in [-0.05, 0) is 48.0 Å². The maximum atomic E-state index is 12.6. The normalized spacial score (nSPS) is 13.0. The lowest BCUT2D eigenvalue weighted by Gasteiger charge is -2.17. The van der Waals surface area contributed by atoms with Crippen LogP contribution in [-0.2, 0) is 6.54 Å². The van der Waals surface area contributed by atoms with Crippen molar-refractivity contribution >= 4 is 17.3 Å². The molecule has 0 saturated heterocycles. The van der Waals surface area contributed by atoms with Crippen molar-refractivity contribution < 1.29 is 9.53 Å². The molecule has 0 atom stereocenters. The van der Waals surface area contributed by atoms with Crippen LogP contribution < -0.4 is 15.4 Å². The van der Waals surface area contributed by atoms with E-state index in [1.807, 2.05) is 30.3 Å². The molecule has 0 saturated carbocycles. The van der Waals surface area contributed by atoms with Crippen LogP contribution in [0.15, 0.2) is 67.0 Å². The van der Waals surface area contributed by atoms with Crippen LogP contribution in [0.2, 0.25) is 0 Å². The van der Waals surface area contributed by atoms with Gasteiger partial charge in [-0.25, -0.2) is 0 Å². The molecule has 0 aliphatic carbocycles. The summed E-state index contributed by atoms with van der Waals surface area (Å²) >= 11 is 0. The van der Waals surface area contributed by atoms with E-state index in [-0.39, 0.29) is 5.91 Å². The minimum absolute atomic E-state index is 0.0222. The van der Waals surface area contributed by atoms with E-state index in [9.17, 15) is 4.79 Å². The van der Waals surface area contributed by atoms with Gasteiger partial charge in [-0.1, -0.05) is 6.07 Å². The minimum atomic E-state index is -0.0222. The molecule has 2 N–H and O–H groups in total. The summed E-state index contributed by atoms with van der Waals surface area (Å²) < 4.78 is 5.81. The van der Waals surface area contributed by atoms with Gasteiger partial charge < -0.3 is 15.4 Å². The molecule has 0 radical (unpaired) electrons. The van der Waals surface area contributed by atoms with Gasteiger partial charge in [0.1, 0.15) is 11.5 Å². The van der Waals surface area contributed by atoms with E-state index in [0.717, 1.165) is 11.3 Å². The molecule has 0 spiro atoms. The Morgan fingerprint density at radius 2 is 1.83 bits per heavy atom. The Hall–Kier alpha value is -3.34. The van der Waals surface area contributed by atoms with Crippen molar-refractivity contribution in [2.45, 2.75) is 6.54 Å². The maximum Gasteiger partial charge on any atom is 0.258 e. The van der Waals surface area contributed by atoms with Crippen molar-refractivity contribution in [3.8, 4) is 11.5 Å². The molecule has 1 amide bonds. The highest BCUT2D eigenvalue weighted by atomic mass is 16.5. The van der Waals surface area contributed by atoms with E-state index in [0.29, 0.717) is 29.3 Å². The third-order valence-electron chi connectivity index (χ3n) is 3.95. The molecule has 0 fully saturated rings. The number of aromatic nitrogens is 1. The molecular weight excluding hydrogens is 302 g/mol. The number of hydrogen-bond acceptors (Lipinski definition) is 4. The number of ether oxygens (including phenoxy) is 1. The second-order valence-corrected chi connectivity index (χ2v) is 5.59. The number of nitrogens with zero attached hydrogens (tertiary/aromatic N) is 2. The first-order valence-corrected chi connectivity index (χ1v) is 7.59. The zero-order chi connectivity index (χ0) is 16.5. The number of rotatable bonds is 3. The molecule has 0 unspecified atom stereocenters. The van der Waals surface area contributed by atoms with Gasteiger partial charge >= 0.3 is 0 Å². The zero-order valence-corrected chi connectivity index (χ0v) is 12.8. The smallest absolute Gasteiger partial charge is 0.258 e. The number of nitrogen functional groups attached to an aromatic ring is 1. The van der Waals surface area contributed by atoms with Gasteiger partial charge in [0.25, 0.3) is 5.91 Å². The first-order valence-electron chi connectivity index (χ1n) is 7.59. The Bertz CT molecular complexity index is 909. The molecule has 4 rings (SSSR count). The Morgan fingerprint density at radius 1 is 1.00 bits per heavy atom. The summed E-state index contributed by atoms with van der Waals surface area (Å²) in [6.07, 6.45) is 3.34. The lowest BCUT2D eigenvalue weighted by Crippen LogP contribution is -2.22. The highest BCUT2D eigenvalue weighted by Gasteiger charge is 2.28. The zero-order valence-electron chi connectivity index (χ0n) is 12.8. The molecular formula is C19H15N3O2. The quantitative estimate of drug-likeness (QED) is 0.749. The first kappa shape index (κ1) is 14.3. The van der Waals surface area contributed by atoms with E-state index in [1.165, 1.54) is 0 Å². The molecule has 5 heteroatoms. The fourth-order valence-electron chi connectivity index (χ4n) is 2.81. The van der Waals surface area contributed by atoms with Crippen LogP contribution in [0.1, 0.15) is 15.9 Å². The van der Waals surface area contributed by atoms with Gasteiger partial charge in [-0.15, -0.1) is 0 Å². The third kappa shape index (κ3) is 2.56. The van der Waals surface area contributed by atoms with Gasteiger partial charge in [0.15, 0.2) is 0 Å². The Labute approximate surface area is 139 Å². The van der Waals surface area contributed by atoms with E-state index in [4.69, 9.17) is 10.5 Å². The fourth-order valence-corrected chi connectivity index (χ4v) is 2.81. The van der Waals surface area contributed by atoms with Crippen LogP contribution >= 0.6 is 0 Å². The van der Waals surface area contributed by atoms with Gasteiger partial charge in [0, 0.05) is 35.4 Å². The molecule has 3 aromatic rings. The molecule has 1 aromatic heterocycles. The Kier molecular flexibility index (Phi) is 3.39. The molecule has 0 bridgehead atoms. The van der Waals surface area contributed by atoms with E-state index < -0.39 is 0 Å². The van der Waals surface area contributed by atoms with Crippen LogP contribution in [0.3, 0.4) is 0 Å². The van der Waals surface area contributed by atoms with Crippen molar-refractivity contribution in [1.82, 2.24) is 4.98 Å². The van der Waals surface area contributed by atoms with Gasteiger partial charge in [0.2, 0.25) is 0 Å². The summed E-state index contributed by atoms with van der Waals surface area (Å²) in [5.74, 6) is 1.35. The van der Waals surface area contributed by atoms with Crippen LogP contribution in [0, 0.1) is 0 Å². The van der Waals surface area contributed by atoms with Crippen LogP contribution in [-0.4, -0.2) is 10.9 Å². The lowest BCUT2D eigenvalue weighted by atomic mass is 10.1. The predicted molar refractivity (Wildman–Crippen MR) is 92.1 cm³/mol. The number of carbonyl (C=O) groups excluding carboxylic acids is 1. The SMILES string of the molecule is Nc1ccc2c(c1)CN(c1cccc(Oc3ccncc3)c1)C2=O. The number of anilines is 2. The second-order valence-electron chi connectivity index (χ2n) is 5.59. The number of benzene rings is 2. The average molecular weight is 317 g/mol. The molecule has 2 aromatic carbocycles. The van der Waals surface area contributed by atoms with E-state index >= 15 is 0 Å². The number of carbonyl (C=O) groups is 1. The Morgan fingerprint density at radius 3 is 2.67 bits per heavy atom. The summed E-state index contributed by atoms with van der Waals surface area (Å²) in [5, 5.41) is 0. The standard InChI is InChI=1S/C19H15N3O2/c20-14-4-5-18-13(10-14)12-22(19(18)23)15-2-1-3-17(11-15)24-16-6-8-21-9-7-16/h1-11H,12,20H2. The largest absolute Gasteiger partial charge is 0.457 e. The average Bonchev–Trinajstić information content (AvgIpc) is 2.92. The van der Waals surface area contributed by atoms with Crippen molar-refractivity contribution in [2.75, 3.05) is 10.6 Å². The second kappa shape index (κ2) is 5.70. The highest BCUT2D eigenvalue weighted by Crippen LogP contribution is 2.32. The van der Waals surface area contributed by atoms with Gasteiger partial charge in [0.05, 0.1) is 6.54 Å². The number of amides is 1. The molecule has 24 heavy (non-hydrogen) atoms. The maximum absolute atomic E-state index is 12.6. The van der Waals surface area contributed by atoms with Crippen molar-refractivity contribution in [2.24, 2.45) is 0 Å². The van der Waals surface area contributed by atoms with Crippen LogP contribution in [0.25, 0.3) is 0 Å². The monoisotopic (exact) mass is 317 g/mol. The van der Waals surface area contributed by atoms with Crippen LogP contribution in [0.4, 0.5) is 11.4 Å². The summed E-state index contributed by atoms with van der Waals surface area (Å²) in [7, 11) is 0. The summed E-state index contributed by atoms with van der Waals surface area (Å²) in [6.45, 7) is 0.512. The lowest BCUT2D eigenvalue weighted by molar-refractivity contribution is 0.0996. The first-order chi connectivity index (χ1) is 11.7. The van der Waals surface area contributed by atoms with Crippen LogP contribution in [0.5, 0.6) is 11.5 Å². The molecule has 1 aliphatic rings. The topological polar surface area (TPSA) is 68.4 Å². The molecule has 5 nitrogen and oxygen atoms in total. The van der Waals surface area contributed by atoms with Crippen molar-refractivity contribution in [3.63, 3.8) is 0 Å². The van der Waals surface area contributed by atoms with Gasteiger partial charge in [-0.3, -0.25) is 9.78 Å². The number of nitrogens with two attached hydrogens (primary N) is 1. The van der Waals surface area contributed by atoms with Crippen molar-refractivity contribution in [1.29, 1.82) is 0 Å². The Balaban J connectivity index is 1.62. The van der Waals surface area contributed by atoms with Crippen molar-refractivity contribution in [3.05, 3.63) is 78.1 Å². The summed E-state index contributed by atoms with van der Waals surface area (Å²) in [6, 6.07) is 16.4. The number of pyridine rings is 1. The molecule has 118 valence electrons. The number of fused-ring (bicyclic) bond motifs is 1. The minimum Gasteiger partial charge on any atom is -0.457 e. The highest BCUT2D eigenvalue weighted by molar-refractivity contribution is 6.10. The molecule has 1 aliphatic heterocycles. The summed E-state index contributed by atoms with van der Waals surface area (Å²) in [4.78, 5) is 18.3. The molecule has 2 heterocycles. The van der Waals surface area contributed by atoms with E-state index in [2.05, 4.69) is 4.98 Å². The van der Waals surface area contributed by atoms with Gasteiger partial charge in [-0.2, -0.15) is 0 Å². The predicted octanol–water partition coefficient (Wildman–Crippen LogP) is 3.62.